The van der Waals surface area contributed by atoms with Gasteiger partial charge in [0.1, 0.15) is 12.2 Å². The van der Waals surface area contributed by atoms with E-state index >= 15 is 0 Å². The number of carbonyl (C=O) groups excluding carboxylic acids is 1. The third kappa shape index (κ3) is 8.72. The minimum Gasteiger partial charge on any atom is -0.461 e. The highest BCUT2D eigenvalue weighted by molar-refractivity contribution is 5.78. The molecule has 3 aromatic carbocycles. The molecule has 3 rings (SSSR count). The van der Waals surface area contributed by atoms with Crippen molar-refractivity contribution in [1.82, 2.24) is 0 Å². The molecular weight excluding hydrogens is 482 g/mol. The molecular formula is C29H32F2O6. The smallest absolute Gasteiger partial charge is 0.379 e. The summed E-state index contributed by atoms with van der Waals surface area (Å²) in [5.74, 6) is -6.06. The Kier molecular flexibility index (Phi) is 11.2. The number of halogens is 2. The SMILES string of the molecule is CCOC(=O)C(F)(F)C(O)[C@@H](OCc1ccccc1)[C@H](COCc1ccccc1)OCc1ccccc1. The number of rotatable bonds is 15. The van der Waals surface area contributed by atoms with E-state index in [0.717, 1.165) is 11.1 Å². The Bertz CT molecular complexity index is 1050. The molecule has 0 bridgehead atoms. The summed E-state index contributed by atoms with van der Waals surface area (Å²) in [5, 5.41) is 10.8. The van der Waals surface area contributed by atoms with Crippen LogP contribution in [0.3, 0.4) is 0 Å². The van der Waals surface area contributed by atoms with Crippen molar-refractivity contribution in [2.75, 3.05) is 13.2 Å². The molecule has 3 aromatic rings. The third-order valence-electron chi connectivity index (χ3n) is 5.58. The highest BCUT2D eigenvalue weighted by Crippen LogP contribution is 2.28. The largest absolute Gasteiger partial charge is 0.461 e. The molecule has 0 aliphatic rings. The first kappa shape index (κ1) is 28.4. The van der Waals surface area contributed by atoms with Crippen molar-refractivity contribution in [3.63, 3.8) is 0 Å². The summed E-state index contributed by atoms with van der Waals surface area (Å²) in [6, 6.07) is 27.4. The molecule has 0 aliphatic heterocycles. The van der Waals surface area contributed by atoms with E-state index in [1.54, 1.807) is 24.3 Å². The summed E-state index contributed by atoms with van der Waals surface area (Å²) < 4.78 is 52.1. The van der Waals surface area contributed by atoms with Gasteiger partial charge in [-0.25, -0.2) is 4.79 Å². The molecule has 8 heteroatoms. The predicted octanol–water partition coefficient (Wildman–Crippen LogP) is 4.93. The van der Waals surface area contributed by atoms with Crippen molar-refractivity contribution in [2.45, 2.75) is 51.0 Å². The summed E-state index contributed by atoms with van der Waals surface area (Å²) in [6.07, 6.45) is -5.29. The lowest BCUT2D eigenvalue weighted by atomic mass is 10.0. The van der Waals surface area contributed by atoms with Gasteiger partial charge in [-0.2, -0.15) is 8.78 Å². The number of aliphatic hydroxyl groups excluding tert-OH is 1. The molecule has 0 radical (unpaired) electrons. The van der Waals surface area contributed by atoms with Gasteiger partial charge in [0, 0.05) is 0 Å². The fraction of sp³-hybridized carbons (Fsp3) is 0.345. The topological polar surface area (TPSA) is 74.2 Å². The lowest BCUT2D eigenvalue weighted by molar-refractivity contribution is -0.224. The lowest BCUT2D eigenvalue weighted by Crippen LogP contribution is -2.55. The number of esters is 1. The molecule has 37 heavy (non-hydrogen) atoms. The van der Waals surface area contributed by atoms with E-state index in [-0.39, 0.29) is 33.0 Å². The zero-order chi connectivity index (χ0) is 26.5. The normalized spacial score (nSPS) is 14.1. The molecule has 0 fully saturated rings. The molecule has 0 heterocycles. The molecule has 0 saturated carbocycles. The van der Waals surface area contributed by atoms with Gasteiger partial charge in [-0.1, -0.05) is 91.0 Å². The molecule has 0 saturated heterocycles. The molecule has 1 unspecified atom stereocenters. The first-order chi connectivity index (χ1) is 17.9. The van der Waals surface area contributed by atoms with Crippen LogP contribution in [0.4, 0.5) is 8.78 Å². The lowest BCUT2D eigenvalue weighted by Gasteiger charge is -2.33. The summed E-state index contributed by atoms with van der Waals surface area (Å²) in [6.45, 7) is 1.14. The average Bonchev–Trinajstić information content (AvgIpc) is 2.93. The zero-order valence-corrected chi connectivity index (χ0v) is 20.7. The second-order valence-electron chi connectivity index (χ2n) is 8.39. The van der Waals surface area contributed by atoms with Crippen molar-refractivity contribution in [2.24, 2.45) is 0 Å². The number of ether oxygens (including phenoxy) is 4. The summed E-state index contributed by atoms with van der Waals surface area (Å²) in [7, 11) is 0. The third-order valence-corrected chi connectivity index (χ3v) is 5.58. The highest BCUT2D eigenvalue weighted by Gasteiger charge is 2.54. The number of benzene rings is 3. The Hall–Kier alpha value is -3.17. The molecule has 0 aliphatic carbocycles. The average molecular weight is 515 g/mol. The van der Waals surface area contributed by atoms with Crippen LogP contribution in [0, 0.1) is 0 Å². The van der Waals surface area contributed by atoms with Crippen LogP contribution in [0.25, 0.3) is 0 Å². The standard InChI is InChI=1S/C29H32F2O6/c1-2-35-28(33)29(30,31)27(32)26(37-20-24-16-10-5-11-17-24)25(36-19-23-14-8-4-9-15-23)21-34-18-22-12-6-3-7-13-22/h3-17,25-27,32H,2,18-21H2,1H3/t25-,26-,27?/m0/s1. The van der Waals surface area contributed by atoms with Crippen LogP contribution in [0.1, 0.15) is 23.6 Å². The van der Waals surface area contributed by atoms with Gasteiger partial charge in [-0.15, -0.1) is 0 Å². The summed E-state index contributed by atoms with van der Waals surface area (Å²) in [5.41, 5.74) is 2.37. The Morgan fingerprint density at radius 3 is 1.73 bits per heavy atom. The first-order valence-electron chi connectivity index (χ1n) is 12.1. The van der Waals surface area contributed by atoms with Gasteiger partial charge in [0.05, 0.1) is 33.0 Å². The minimum atomic E-state index is -4.23. The van der Waals surface area contributed by atoms with Gasteiger partial charge < -0.3 is 24.1 Å². The Morgan fingerprint density at radius 2 is 1.24 bits per heavy atom. The Morgan fingerprint density at radius 1 is 0.784 bits per heavy atom. The molecule has 6 nitrogen and oxygen atoms in total. The maximum atomic E-state index is 15.0. The number of hydrogen-bond donors (Lipinski definition) is 1. The van der Waals surface area contributed by atoms with Gasteiger partial charge >= 0.3 is 11.9 Å². The first-order valence-corrected chi connectivity index (χ1v) is 12.1. The zero-order valence-electron chi connectivity index (χ0n) is 20.7. The van der Waals surface area contributed by atoms with E-state index in [1.165, 1.54) is 6.92 Å². The number of carbonyl (C=O) groups is 1. The molecule has 0 amide bonds. The van der Waals surface area contributed by atoms with E-state index in [2.05, 4.69) is 4.74 Å². The van der Waals surface area contributed by atoms with Gasteiger partial charge in [-0.05, 0) is 23.6 Å². The quantitative estimate of drug-likeness (QED) is 0.290. The van der Waals surface area contributed by atoms with Gasteiger partial charge in [-0.3, -0.25) is 0 Å². The molecule has 0 aromatic heterocycles. The van der Waals surface area contributed by atoms with E-state index in [0.29, 0.717) is 5.56 Å². The Labute approximate surface area is 215 Å². The molecule has 0 spiro atoms. The monoisotopic (exact) mass is 514 g/mol. The summed E-state index contributed by atoms with van der Waals surface area (Å²) in [4.78, 5) is 12.0. The number of aliphatic hydroxyl groups is 1. The van der Waals surface area contributed by atoms with Crippen LogP contribution in [0.15, 0.2) is 91.0 Å². The van der Waals surface area contributed by atoms with E-state index in [1.807, 2.05) is 66.7 Å². The van der Waals surface area contributed by atoms with Crippen molar-refractivity contribution in [1.29, 1.82) is 0 Å². The summed E-state index contributed by atoms with van der Waals surface area (Å²) >= 11 is 0. The van der Waals surface area contributed by atoms with E-state index in [4.69, 9.17) is 14.2 Å². The van der Waals surface area contributed by atoms with Crippen LogP contribution >= 0.6 is 0 Å². The second-order valence-corrected chi connectivity index (χ2v) is 8.39. The molecule has 3 atom stereocenters. The number of alkyl halides is 2. The van der Waals surface area contributed by atoms with Gasteiger partial charge in [0.15, 0.2) is 6.10 Å². The van der Waals surface area contributed by atoms with Crippen LogP contribution in [0.2, 0.25) is 0 Å². The van der Waals surface area contributed by atoms with Gasteiger partial charge in [0.2, 0.25) is 0 Å². The highest BCUT2D eigenvalue weighted by atomic mass is 19.3. The van der Waals surface area contributed by atoms with Crippen molar-refractivity contribution >= 4 is 5.97 Å². The van der Waals surface area contributed by atoms with Crippen LogP contribution in [-0.2, 0) is 43.6 Å². The van der Waals surface area contributed by atoms with Crippen LogP contribution in [-0.4, -0.2) is 48.5 Å². The van der Waals surface area contributed by atoms with Gasteiger partial charge in [0.25, 0.3) is 0 Å². The molecule has 198 valence electrons. The van der Waals surface area contributed by atoms with Crippen molar-refractivity contribution < 1.29 is 37.6 Å². The fourth-order valence-corrected chi connectivity index (χ4v) is 3.61. The number of hydrogen-bond acceptors (Lipinski definition) is 6. The maximum Gasteiger partial charge on any atom is 0.379 e. The maximum absolute atomic E-state index is 15.0. The molecule has 1 N–H and O–H groups in total. The second kappa shape index (κ2) is 14.5. The van der Waals surface area contributed by atoms with E-state index < -0.39 is 30.2 Å². The Balaban J connectivity index is 1.83. The fourth-order valence-electron chi connectivity index (χ4n) is 3.61. The van der Waals surface area contributed by atoms with Crippen molar-refractivity contribution in [3.05, 3.63) is 108 Å². The van der Waals surface area contributed by atoms with Crippen LogP contribution in [0.5, 0.6) is 0 Å². The van der Waals surface area contributed by atoms with E-state index in [9.17, 15) is 18.7 Å². The predicted molar refractivity (Wildman–Crippen MR) is 134 cm³/mol. The minimum absolute atomic E-state index is 0.0586. The van der Waals surface area contributed by atoms with Crippen LogP contribution < -0.4 is 0 Å². The van der Waals surface area contributed by atoms with Crippen molar-refractivity contribution in [3.8, 4) is 0 Å².